The third-order valence-corrected chi connectivity index (χ3v) is 3.17. The normalized spacial score (nSPS) is 13.7. The number of quaternary nitrogens is 1. The second-order valence-electron chi connectivity index (χ2n) is 3.55. The first-order valence-corrected chi connectivity index (χ1v) is 5.34. The van der Waals surface area contributed by atoms with Crippen LogP contribution in [0.25, 0.3) is 0 Å². The molecule has 0 heterocycles. The van der Waals surface area contributed by atoms with Crippen LogP contribution in [0.5, 0.6) is 0 Å². The quantitative estimate of drug-likeness (QED) is 0.356. The number of nitrogens with zero attached hydrogens (tertiary/aromatic N) is 1. The first-order chi connectivity index (χ1) is 6.85. The third kappa shape index (κ3) is 2.64. The minimum Gasteiger partial charge on any atom is -0.423 e. The van der Waals surface area contributed by atoms with Crippen molar-refractivity contribution >= 4 is 29.5 Å². The highest BCUT2D eigenvalue weighted by atomic mass is 32.2. The predicted molar refractivity (Wildman–Crippen MR) is 60.7 cm³/mol. The summed E-state index contributed by atoms with van der Waals surface area (Å²) in [6.07, 6.45) is 0. The largest absolute Gasteiger partial charge is 0.488 e. The van der Waals surface area contributed by atoms with Gasteiger partial charge in [0.1, 0.15) is 5.69 Å². The summed E-state index contributed by atoms with van der Waals surface area (Å²) in [4.78, 5) is 0. The summed E-state index contributed by atoms with van der Waals surface area (Å²) in [5.41, 5.74) is 0.825. The molecule has 7 heteroatoms. The van der Waals surface area contributed by atoms with Crippen LogP contribution in [0.1, 0.15) is 0 Å². The van der Waals surface area contributed by atoms with E-state index in [4.69, 9.17) is 14.6 Å². The van der Waals surface area contributed by atoms with Crippen LogP contribution in [0.4, 0.5) is 5.69 Å². The number of benzene rings is 1. The van der Waals surface area contributed by atoms with Gasteiger partial charge in [0, 0.05) is 12.1 Å². The highest BCUT2D eigenvalue weighted by Gasteiger charge is 2.27. The van der Waals surface area contributed by atoms with Crippen molar-refractivity contribution in [3.63, 3.8) is 0 Å². The average molecular weight is 230 g/mol. The molecule has 1 rings (SSSR count). The van der Waals surface area contributed by atoms with Crippen LogP contribution in [0.2, 0.25) is 0 Å². The van der Waals surface area contributed by atoms with Gasteiger partial charge in [0.25, 0.3) is 0 Å². The molecule has 0 bridgehead atoms. The molecule has 0 spiro atoms. The molecule has 5 nitrogen and oxygen atoms in total. The summed E-state index contributed by atoms with van der Waals surface area (Å²) >= 11 is -2.07. The Morgan fingerprint density at radius 2 is 1.93 bits per heavy atom. The van der Waals surface area contributed by atoms with Crippen molar-refractivity contribution in [3.8, 4) is 0 Å². The monoisotopic (exact) mass is 230 g/mol. The first-order valence-electron chi connectivity index (χ1n) is 4.28. The topological polar surface area (TPSA) is 77.8 Å². The smallest absolute Gasteiger partial charge is 0.423 e. The van der Waals surface area contributed by atoms with Gasteiger partial charge in [0.2, 0.25) is 0 Å². The van der Waals surface area contributed by atoms with Crippen LogP contribution in [-0.2, 0) is 11.3 Å². The molecule has 0 aromatic heterocycles. The summed E-state index contributed by atoms with van der Waals surface area (Å²) in [5, 5.41) is 17.9. The van der Waals surface area contributed by atoms with Gasteiger partial charge in [-0.15, -0.1) is 0 Å². The molecule has 3 N–H and O–H groups in total. The fourth-order valence-corrected chi connectivity index (χ4v) is 1.40. The summed E-state index contributed by atoms with van der Waals surface area (Å²) in [6.45, 7) is 0. The van der Waals surface area contributed by atoms with Crippen LogP contribution in [0.3, 0.4) is 0 Å². The average Bonchev–Trinajstić information content (AvgIpc) is 2.17. The van der Waals surface area contributed by atoms with Gasteiger partial charge in [-0.1, -0.05) is 12.1 Å². The van der Waals surface area contributed by atoms with E-state index in [0.717, 1.165) is 0 Å². The Kier molecular flexibility index (Phi) is 3.64. The van der Waals surface area contributed by atoms with E-state index in [1.165, 1.54) is 12.1 Å². The van der Waals surface area contributed by atoms with E-state index >= 15 is 0 Å². The van der Waals surface area contributed by atoms with Gasteiger partial charge in [-0.05, 0) is 5.46 Å². The number of rotatable bonds is 3. The molecule has 0 saturated carbocycles. The maximum absolute atomic E-state index is 11.1. The van der Waals surface area contributed by atoms with Gasteiger partial charge >= 0.3 is 18.4 Å². The van der Waals surface area contributed by atoms with Crippen molar-refractivity contribution in [3.05, 3.63) is 24.3 Å². The fourth-order valence-electron chi connectivity index (χ4n) is 1.11. The molecule has 0 aliphatic carbocycles. The second kappa shape index (κ2) is 4.42. The lowest BCUT2D eigenvalue weighted by Crippen LogP contribution is -2.43. The molecule has 0 aliphatic rings. The maximum Gasteiger partial charge on any atom is 0.488 e. The minimum atomic E-state index is -2.07. The molecule has 0 saturated heterocycles. The minimum absolute atomic E-state index is 0.249. The van der Waals surface area contributed by atoms with E-state index in [1.807, 2.05) is 0 Å². The third-order valence-electron chi connectivity index (χ3n) is 2.18. The van der Waals surface area contributed by atoms with Gasteiger partial charge in [0.05, 0.1) is 14.1 Å². The Morgan fingerprint density at radius 1 is 1.33 bits per heavy atom. The Balaban J connectivity index is 3.16. The van der Waals surface area contributed by atoms with E-state index in [-0.39, 0.29) is 3.89 Å². The Morgan fingerprint density at radius 3 is 2.40 bits per heavy atom. The molecule has 1 aromatic rings. The summed E-state index contributed by atoms with van der Waals surface area (Å²) in [6, 6.07) is 6.28. The van der Waals surface area contributed by atoms with Gasteiger partial charge < -0.3 is 10.0 Å². The van der Waals surface area contributed by atoms with Gasteiger partial charge in [-0.3, -0.25) is 4.55 Å². The highest BCUT2D eigenvalue weighted by Crippen LogP contribution is 2.18. The zero-order valence-corrected chi connectivity index (χ0v) is 9.31. The van der Waals surface area contributed by atoms with Crippen LogP contribution >= 0.6 is 0 Å². The SMILES string of the molecule is C[N+](C)(c1cccc(B(O)O)c1)S(=O)O. The van der Waals surface area contributed by atoms with Crippen molar-refractivity contribution in [2.75, 3.05) is 14.1 Å². The molecule has 0 aliphatic heterocycles. The first kappa shape index (κ1) is 12.3. The number of hydrogen-bond acceptors (Lipinski definition) is 3. The molecule has 15 heavy (non-hydrogen) atoms. The molecule has 0 fully saturated rings. The standard InChI is InChI=1S/C8H12BNO4S/c1-10(2,15(13)14)8-5-3-4-7(6-8)9(11)12/h3-6,11-12H,1-2H3/p+1. The molecule has 1 aromatic carbocycles. The van der Waals surface area contributed by atoms with Crippen LogP contribution in [-0.4, -0.2) is 40.0 Å². The van der Waals surface area contributed by atoms with E-state index in [1.54, 1.807) is 26.2 Å². The summed E-state index contributed by atoms with van der Waals surface area (Å²) in [7, 11) is 1.54. The predicted octanol–water partition coefficient (Wildman–Crippen LogP) is -0.930. The zero-order chi connectivity index (χ0) is 11.6. The molecule has 1 unspecified atom stereocenters. The Hall–Kier alpha value is -0.725. The molecular weight excluding hydrogens is 217 g/mol. The van der Waals surface area contributed by atoms with Crippen LogP contribution in [0, 0.1) is 0 Å². The fraction of sp³-hybridized carbons (Fsp3) is 0.250. The van der Waals surface area contributed by atoms with E-state index in [2.05, 4.69) is 0 Å². The summed E-state index contributed by atoms with van der Waals surface area (Å²) < 4.78 is 19.9. The van der Waals surface area contributed by atoms with Crippen molar-refractivity contribution in [1.29, 1.82) is 0 Å². The van der Waals surface area contributed by atoms with Crippen LogP contribution in [0.15, 0.2) is 24.3 Å². The zero-order valence-electron chi connectivity index (χ0n) is 8.49. The molecule has 1 atom stereocenters. The Labute approximate surface area is 91.1 Å². The molecule has 82 valence electrons. The van der Waals surface area contributed by atoms with Crippen molar-refractivity contribution in [1.82, 2.24) is 3.89 Å². The maximum atomic E-state index is 11.1. The molecule has 0 radical (unpaired) electrons. The van der Waals surface area contributed by atoms with Gasteiger partial charge in [-0.25, -0.2) is 0 Å². The van der Waals surface area contributed by atoms with E-state index in [0.29, 0.717) is 11.2 Å². The Bertz CT molecular complexity index is 383. The van der Waals surface area contributed by atoms with E-state index < -0.39 is 18.4 Å². The lowest BCUT2D eigenvalue weighted by molar-refractivity contribution is 0.425. The second-order valence-corrected chi connectivity index (χ2v) is 4.92. The number of hydrogen-bond donors (Lipinski definition) is 3. The highest BCUT2D eigenvalue weighted by molar-refractivity contribution is 7.78. The lowest BCUT2D eigenvalue weighted by Gasteiger charge is -2.23. The summed E-state index contributed by atoms with van der Waals surface area (Å²) in [5.74, 6) is 0. The van der Waals surface area contributed by atoms with Crippen LogP contribution < -0.4 is 9.35 Å². The van der Waals surface area contributed by atoms with Crippen molar-refractivity contribution in [2.24, 2.45) is 0 Å². The van der Waals surface area contributed by atoms with Crippen molar-refractivity contribution in [2.45, 2.75) is 0 Å². The van der Waals surface area contributed by atoms with Crippen molar-refractivity contribution < 1.29 is 18.8 Å². The van der Waals surface area contributed by atoms with Gasteiger partial charge in [-0.2, -0.15) is 8.10 Å². The molecular formula is C8H13BNO4S+. The molecule has 0 amide bonds. The van der Waals surface area contributed by atoms with E-state index in [9.17, 15) is 4.21 Å². The van der Waals surface area contributed by atoms with Gasteiger partial charge in [0.15, 0.2) is 0 Å². The lowest BCUT2D eigenvalue weighted by atomic mass is 9.80.